The average molecular weight is 587 g/mol. The van der Waals surface area contributed by atoms with E-state index in [2.05, 4.69) is 5.32 Å². The van der Waals surface area contributed by atoms with Gasteiger partial charge in [0.2, 0.25) is 21.8 Å². The van der Waals surface area contributed by atoms with Gasteiger partial charge in [-0.2, -0.15) is 0 Å². The number of nitrogens with zero attached hydrogens (tertiary/aromatic N) is 2. The third kappa shape index (κ3) is 9.06. The zero-order chi connectivity index (χ0) is 28.5. The van der Waals surface area contributed by atoms with Crippen LogP contribution in [0.2, 0.25) is 10.0 Å². The summed E-state index contributed by atoms with van der Waals surface area (Å²) in [7, 11) is -3.65. The van der Waals surface area contributed by atoms with E-state index in [-0.39, 0.29) is 43.8 Å². The van der Waals surface area contributed by atoms with Gasteiger partial charge in [-0.1, -0.05) is 48.3 Å². The molecule has 2 amide bonds. The second-order valence-corrected chi connectivity index (χ2v) is 11.8. The van der Waals surface area contributed by atoms with Crippen LogP contribution in [0.25, 0.3) is 0 Å². The van der Waals surface area contributed by atoms with Crippen molar-refractivity contribution in [3.05, 3.63) is 58.1 Å². The summed E-state index contributed by atoms with van der Waals surface area (Å²) in [6.07, 6.45) is 2.12. The Hall–Kier alpha value is -2.49. The number of nitrogens with one attached hydrogen (secondary N) is 1. The largest absolute Gasteiger partial charge is 0.492 e. The monoisotopic (exact) mass is 585 g/mol. The molecular formula is C27H37Cl2N3O5S. The zero-order valence-electron chi connectivity index (χ0n) is 22.5. The lowest BCUT2D eigenvalue weighted by Crippen LogP contribution is -2.49. The first kappa shape index (κ1) is 31.7. The molecule has 1 N–H and O–H groups in total. The normalized spacial score (nSPS) is 12.9. The maximum Gasteiger partial charge on any atom is 0.242 e. The number of carbonyl (C=O) groups excluding carboxylic acids is 2. The topological polar surface area (TPSA) is 96.0 Å². The Morgan fingerprint density at radius 2 is 1.76 bits per heavy atom. The highest BCUT2D eigenvalue weighted by Gasteiger charge is 2.28. The number of hydrogen-bond donors (Lipinski definition) is 1. The van der Waals surface area contributed by atoms with E-state index in [4.69, 9.17) is 27.9 Å². The van der Waals surface area contributed by atoms with E-state index in [0.717, 1.165) is 12.7 Å². The van der Waals surface area contributed by atoms with Crippen LogP contribution in [0.4, 0.5) is 5.69 Å². The van der Waals surface area contributed by atoms with Crippen molar-refractivity contribution in [3.8, 4) is 5.75 Å². The van der Waals surface area contributed by atoms with Crippen LogP contribution in [0, 0.1) is 0 Å². The highest BCUT2D eigenvalue weighted by atomic mass is 35.5. The summed E-state index contributed by atoms with van der Waals surface area (Å²) in [6, 6.07) is 11.0. The Morgan fingerprint density at radius 3 is 2.37 bits per heavy atom. The molecule has 2 aromatic carbocycles. The molecule has 2 aromatic rings. The second-order valence-electron chi connectivity index (χ2n) is 9.09. The molecule has 0 saturated carbocycles. The van der Waals surface area contributed by atoms with Crippen molar-refractivity contribution in [3.63, 3.8) is 0 Å². The molecule has 0 bridgehead atoms. The Labute approximate surface area is 236 Å². The van der Waals surface area contributed by atoms with E-state index < -0.39 is 16.1 Å². The van der Waals surface area contributed by atoms with E-state index in [0.29, 0.717) is 33.7 Å². The summed E-state index contributed by atoms with van der Waals surface area (Å²) in [4.78, 5) is 27.8. The number of amides is 2. The van der Waals surface area contributed by atoms with Crippen LogP contribution in [0.15, 0.2) is 42.5 Å². The molecule has 2 atom stereocenters. The van der Waals surface area contributed by atoms with Gasteiger partial charge in [-0.25, -0.2) is 8.42 Å². The number of ether oxygens (including phenoxy) is 1. The molecule has 2 rings (SSSR count). The van der Waals surface area contributed by atoms with Crippen molar-refractivity contribution in [1.82, 2.24) is 10.2 Å². The van der Waals surface area contributed by atoms with Gasteiger partial charge >= 0.3 is 0 Å². The molecule has 0 aliphatic rings. The predicted octanol–water partition coefficient (Wildman–Crippen LogP) is 5.27. The van der Waals surface area contributed by atoms with Crippen LogP contribution in [0.1, 0.15) is 52.5 Å². The predicted molar refractivity (Wildman–Crippen MR) is 153 cm³/mol. The van der Waals surface area contributed by atoms with Crippen LogP contribution in [-0.4, -0.2) is 56.6 Å². The van der Waals surface area contributed by atoms with Gasteiger partial charge in [0, 0.05) is 35.6 Å². The van der Waals surface area contributed by atoms with E-state index in [1.807, 2.05) is 20.8 Å². The standard InChI is InChI=1S/C27H37Cl2N3O5S/c1-6-19(3)30-27(34)20(4)31(18-21-14-15-22(28)17-23(21)29)26(33)13-10-16-32(38(5,35)36)24-11-8-9-12-25(24)37-7-2/h8-9,11-12,14-15,17,19-20H,6-7,10,13,16,18H2,1-5H3,(H,30,34)/t19-,20+/m0/s1. The van der Waals surface area contributed by atoms with Gasteiger partial charge in [0.1, 0.15) is 11.8 Å². The lowest BCUT2D eigenvalue weighted by atomic mass is 10.1. The third-order valence-corrected chi connectivity index (χ3v) is 7.88. The quantitative estimate of drug-likeness (QED) is 0.326. The molecular weight excluding hydrogens is 549 g/mol. The lowest BCUT2D eigenvalue weighted by Gasteiger charge is -2.30. The molecule has 0 aromatic heterocycles. The zero-order valence-corrected chi connectivity index (χ0v) is 24.9. The molecule has 0 aliphatic carbocycles. The van der Waals surface area contributed by atoms with Gasteiger partial charge in [-0.05, 0) is 63.4 Å². The van der Waals surface area contributed by atoms with Gasteiger partial charge < -0.3 is 15.0 Å². The minimum atomic E-state index is -3.65. The van der Waals surface area contributed by atoms with Crippen molar-refractivity contribution < 1.29 is 22.7 Å². The Bertz CT molecular complexity index is 1210. The molecule has 0 heterocycles. The maximum atomic E-state index is 13.4. The van der Waals surface area contributed by atoms with Crippen LogP contribution < -0.4 is 14.4 Å². The third-order valence-electron chi connectivity index (χ3n) is 6.11. The number of sulfonamides is 1. The fourth-order valence-electron chi connectivity index (χ4n) is 3.80. The average Bonchev–Trinajstić information content (AvgIpc) is 2.85. The lowest BCUT2D eigenvalue weighted by molar-refractivity contribution is -0.140. The highest BCUT2D eigenvalue weighted by Crippen LogP contribution is 2.30. The van der Waals surface area contributed by atoms with Crippen LogP contribution in [0.3, 0.4) is 0 Å². The number of carbonyl (C=O) groups is 2. The Kier molecular flexibility index (Phi) is 12.2. The van der Waals surface area contributed by atoms with Gasteiger partial charge in [-0.15, -0.1) is 0 Å². The fraction of sp³-hybridized carbons (Fsp3) is 0.481. The highest BCUT2D eigenvalue weighted by molar-refractivity contribution is 7.92. The first-order valence-electron chi connectivity index (χ1n) is 12.6. The Balaban J connectivity index is 2.25. The second kappa shape index (κ2) is 14.6. The minimum Gasteiger partial charge on any atom is -0.492 e. The molecule has 11 heteroatoms. The van der Waals surface area contributed by atoms with Crippen molar-refractivity contribution in [2.45, 2.75) is 65.6 Å². The molecule has 8 nitrogen and oxygen atoms in total. The van der Waals surface area contributed by atoms with E-state index in [1.54, 1.807) is 49.4 Å². The molecule has 210 valence electrons. The first-order valence-corrected chi connectivity index (χ1v) is 15.2. The molecule has 0 unspecified atom stereocenters. The number of para-hydroxylation sites is 2. The summed E-state index contributed by atoms with van der Waals surface area (Å²) in [5.74, 6) is -0.128. The van der Waals surface area contributed by atoms with Gasteiger partial charge in [0.25, 0.3) is 0 Å². The van der Waals surface area contributed by atoms with Crippen LogP contribution in [0.5, 0.6) is 5.75 Å². The van der Waals surface area contributed by atoms with Crippen LogP contribution >= 0.6 is 23.2 Å². The van der Waals surface area contributed by atoms with Gasteiger partial charge in [-0.3, -0.25) is 13.9 Å². The van der Waals surface area contributed by atoms with Gasteiger partial charge in [0.15, 0.2) is 0 Å². The van der Waals surface area contributed by atoms with Crippen molar-refractivity contribution in [1.29, 1.82) is 0 Å². The van der Waals surface area contributed by atoms with E-state index in [9.17, 15) is 18.0 Å². The summed E-state index contributed by atoms with van der Waals surface area (Å²) in [5, 5.41) is 3.77. The number of halogens is 2. The van der Waals surface area contributed by atoms with E-state index in [1.165, 1.54) is 9.21 Å². The molecule has 0 aliphatic heterocycles. The van der Waals surface area contributed by atoms with Crippen LogP contribution in [-0.2, 0) is 26.2 Å². The molecule has 0 saturated heterocycles. The molecule has 0 spiro atoms. The summed E-state index contributed by atoms with van der Waals surface area (Å²) < 4.78 is 32.1. The van der Waals surface area contributed by atoms with E-state index >= 15 is 0 Å². The minimum absolute atomic E-state index is 0.0228. The smallest absolute Gasteiger partial charge is 0.242 e. The number of hydrogen-bond acceptors (Lipinski definition) is 5. The summed E-state index contributed by atoms with van der Waals surface area (Å²) in [5.41, 5.74) is 1.06. The molecule has 0 fully saturated rings. The maximum absolute atomic E-state index is 13.4. The molecule has 0 radical (unpaired) electrons. The SMILES string of the molecule is CCOc1ccccc1N(CCCC(=O)N(Cc1ccc(Cl)cc1Cl)[C@H](C)C(=O)N[C@@H](C)CC)S(C)(=O)=O. The number of benzene rings is 2. The summed E-state index contributed by atoms with van der Waals surface area (Å²) >= 11 is 12.4. The van der Waals surface area contributed by atoms with Crippen molar-refractivity contribution in [2.75, 3.05) is 23.7 Å². The fourth-order valence-corrected chi connectivity index (χ4v) is 5.24. The Morgan fingerprint density at radius 1 is 1.08 bits per heavy atom. The van der Waals surface area contributed by atoms with Crippen molar-refractivity contribution in [2.24, 2.45) is 0 Å². The first-order chi connectivity index (χ1) is 17.9. The van der Waals surface area contributed by atoms with Crippen molar-refractivity contribution >= 4 is 50.7 Å². The van der Waals surface area contributed by atoms with Gasteiger partial charge in [0.05, 0.1) is 18.6 Å². The molecule has 38 heavy (non-hydrogen) atoms. The summed E-state index contributed by atoms with van der Waals surface area (Å²) in [6.45, 7) is 7.90. The number of rotatable bonds is 14. The number of anilines is 1.